The van der Waals surface area contributed by atoms with Crippen LogP contribution in [0.3, 0.4) is 0 Å². The SMILES string of the molecule is CC(C)(C)OC(=O)N[C@H]1CSc2c(C(=O)O)cn(Cc3ccc(Cl)c(Cl)c3)c(=O)c21. The number of thioether (sulfide) groups is 1. The molecule has 1 aliphatic heterocycles. The molecule has 1 aliphatic rings. The standard InChI is InChI=1S/C20H20Cl2N2O5S/c1-20(2,3)29-19(28)23-14-9-30-16-11(18(26)27)8-24(17(25)15(14)16)7-10-4-5-12(21)13(22)6-10/h4-6,8,14H,7,9H2,1-3H3,(H,23,28)(H,26,27)/t14-/m0/s1. The van der Waals surface area contributed by atoms with Gasteiger partial charge in [0.25, 0.3) is 5.56 Å². The highest BCUT2D eigenvalue weighted by molar-refractivity contribution is 7.99. The van der Waals surface area contributed by atoms with E-state index in [0.29, 0.717) is 26.3 Å². The van der Waals surface area contributed by atoms with Crippen molar-refractivity contribution in [2.75, 3.05) is 5.75 Å². The molecule has 1 atom stereocenters. The van der Waals surface area contributed by atoms with Crippen molar-refractivity contribution in [1.29, 1.82) is 0 Å². The number of nitrogens with zero attached hydrogens (tertiary/aromatic N) is 1. The van der Waals surface area contributed by atoms with Crippen molar-refractivity contribution in [2.24, 2.45) is 0 Å². The van der Waals surface area contributed by atoms with Crippen molar-refractivity contribution in [3.05, 3.63) is 61.5 Å². The molecule has 2 N–H and O–H groups in total. The molecule has 7 nitrogen and oxygen atoms in total. The summed E-state index contributed by atoms with van der Waals surface area (Å²) in [6, 6.07) is 4.28. The van der Waals surface area contributed by atoms with Gasteiger partial charge in [-0.25, -0.2) is 9.59 Å². The van der Waals surface area contributed by atoms with Crippen LogP contribution in [0.25, 0.3) is 0 Å². The number of ether oxygens (including phenoxy) is 1. The molecule has 0 bridgehead atoms. The Bertz CT molecular complexity index is 1080. The average Bonchev–Trinajstić information content (AvgIpc) is 3.02. The first-order valence-corrected chi connectivity index (χ1v) is 10.8. The second-order valence-electron chi connectivity index (χ2n) is 7.78. The number of nitrogens with one attached hydrogen (secondary N) is 1. The Kier molecular flexibility index (Phi) is 6.40. The van der Waals surface area contributed by atoms with Gasteiger partial charge in [0.1, 0.15) is 5.60 Å². The number of aromatic carboxylic acids is 1. The highest BCUT2D eigenvalue weighted by Gasteiger charge is 2.34. The van der Waals surface area contributed by atoms with E-state index < -0.39 is 23.7 Å². The number of alkyl carbamates (subject to hydrolysis) is 1. The van der Waals surface area contributed by atoms with Crippen LogP contribution in [0.4, 0.5) is 4.79 Å². The number of halogens is 2. The summed E-state index contributed by atoms with van der Waals surface area (Å²) in [7, 11) is 0. The minimum absolute atomic E-state index is 0.00292. The van der Waals surface area contributed by atoms with Gasteiger partial charge in [0.2, 0.25) is 0 Å². The van der Waals surface area contributed by atoms with Gasteiger partial charge in [0, 0.05) is 16.8 Å². The number of carbonyl (C=O) groups excluding carboxylic acids is 1. The number of hydrogen-bond donors (Lipinski definition) is 2. The van der Waals surface area contributed by atoms with Crippen molar-refractivity contribution in [1.82, 2.24) is 9.88 Å². The van der Waals surface area contributed by atoms with Crippen LogP contribution in [0.5, 0.6) is 0 Å². The zero-order valence-electron chi connectivity index (χ0n) is 16.5. The van der Waals surface area contributed by atoms with Crippen molar-refractivity contribution in [3.8, 4) is 0 Å². The van der Waals surface area contributed by atoms with Gasteiger partial charge in [-0.3, -0.25) is 4.79 Å². The monoisotopic (exact) mass is 470 g/mol. The molecule has 10 heteroatoms. The van der Waals surface area contributed by atoms with Crippen LogP contribution < -0.4 is 10.9 Å². The van der Waals surface area contributed by atoms with Gasteiger partial charge in [0.05, 0.1) is 33.8 Å². The number of fused-ring (bicyclic) bond motifs is 1. The first kappa shape index (κ1) is 22.5. The summed E-state index contributed by atoms with van der Waals surface area (Å²) in [5.41, 5.74) is -0.151. The van der Waals surface area contributed by atoms with E-state index in [-0.39, 0.29) is 23.2 Å². The van der Waals surface area contributed by atoms with Gasteiger partial charge in [-0.15, -0.1) is 11.8 Å². The lowest BCUT2D eigenvalue weighted by Gasteiger charge is -2.22. The van der Waals surface area contributed by atoms with Crippen LogP contribution in [0.1, 0.15) is 48.3 Å². The quantitative estimate of drug-likeness (QED) is 0.678. The lowest BCUT2D eigenvalue weighted by Crippen LogP contribution is -2.38. The average molecular weight is 471 g/mol. The molecular formula is C20H20Cl2N2O5S. The van der Waals surface area contributed by atoms with Crippen molar-refractivity contribution >= 4 is 47.0 Å². The molecule has 1 aromatic carbocycles. The number of rotatable bonds is 4. The summed E-state index contributed by atoms with van der Waals surface area (Å²) >= 11 is 13.2. The number of pyridine rings is 1. The molecule has 1 amide bonds. The van der Waals surface area contributed by atoms with Crippen molar-refractivity contribution in [3.63, 3.8) is 0 Å². The zero-order chi connectivity index (χ0) is 22.2. The number of hydrogen-bond acceptors (Lipinski definition) is 5. The molecule has 0 saturated heterocycles. The molecule has 0 unspecified atom stereocenters. The van der Waals surface area contributed by atoms with E-state index in [1.807, 2.05) is 0 Å². The molecule has 0 aliphatic carbocycles. The van der Waals surface area contributed by atoms with E-state index >= 15 is 0 Å². The predicted molar refractivity (Wildman–Crippen MR) is 116 cm³/mol. The third-order valence-electron chi connectivity index (χ3n) is 4.27. The second kappa shape index (κ2) is 8.53. The number of carboxylic acid groups (broad SMARTS) is 1. The lowest BCUT2D eigenvalue weighted by atomic mass is 10.1. The zero-order valence-corrected chi connectivity index (χ0v) is 18.8. The van der Waals surface area contributed by atoms with Crippen molar-refractivity contribution in [2.45, 2.75) is 43.9 Å². The predicted octanol–water partition coefficient (Wildman–Crippen LogP) is 4.57. The summed E-state index contributed by atoms with van der Waals surface area (Å²) in [4.78, 5) is 37.6. The maximum Gasteiger partial charge on any atom is 0.408 e. The number of carbonyl (C=O) groups is 2. The third kappa shape index (κ3) is 4.94. The van der Waals surface area contributed by atoms with E-state index in [1.165, 1.54) is 22.5 Å². The van der Waals surface area contributed by atoms with E-state index in [2.05, 4.69) is 5.32 Å². The molecular weight excluding hydrogens is 451 g/mol. The maximum absolute atomic E-state index is 13.2. The smallest absolute Gasteiger partial charge is 0.408 e. The Morgan fingerprint density at radius 2 is 2.00 bits per heavy atom. The first-order valence-electron chi connectivity index (χ1n) is 9.03. The molecule has 0 spiro atoms. The molecule has 0 saturated carbocycles. The van der Waals surface area contributed by atoms with E-state index in [9.17, 15) is 19.5 Å². The summed E-state index contributed by atoms with van der Waals surface area (Å²) in [5, 5.41) is 13.0. The Balaban J connectivity index is 2.00. The fraction of sp³-hybridized carbons (Fsp3) is 0.350. The molecule has 160 valence electrons. The first-order chi connectivity index (χ1) is 14.0. The second-order valence-corrected chi connectivity index (χ2v) is 9.63. The Morgan fingerprint density at radius 3 is 2.60 bits per heavy atom. The molecule has 2 heterocycles. The minimum atomic E-state index is -1.15. The Morgan fingerprint density at radius 1 is 1.30 bits per heavy atom. The van der Waals surface area contributed by atoms with E-state index in [4.69, 9.17) is 27.9 Å². The summed E-state index contributed by atoms with van der Waals surface area (Å²) < 4.78 is 6.57. The highest BCUT2D eigenvalue weighted by atomic mass is 35.5. The maximum atomic E-state index is 13.2. The fourth-order valence-electron chi connectivity index (χ4n) is 3.05. The minimum Gasteiger partial charge on any atom is -0.478 e. The Labute approximate surface area is 187 Å². The molecule has 30 heavy (non-hydrogen) atoms. The summed E-state index contributed by atoms with van der Waals surface area (Å²) in [6.07, 6.45) is 0.645. The van der Waals surface area contributed by atoms with Gasteiger partial charge >= 0.3 is 12.1 Å². The van der Waals surface area contributed by atoms with Crippen LogP contribution in [0.2, 0.25) is 10.0 Å². The lowest BCUT2D eigenvalue weighted by molar-refractivity contribution is 0.0508. The van der Waals surface area contributed by atoms with Gasteiger partial charge in [0.15, 0.2) is 0 Å². The fourth-order valence-corrected chi connectivity index (χ4v) is 4.64. The number of aromatic nitrogens is 1. The summed E-state index contributed by atoms with van der Waals surface area (Å²) in [6.45, 7) is 5.30. The largest absolute Gasteiger partial charge is 0.478 e. The molecule has 0 fully saturated rings. The van der Waals surface area contributed by atoms with Crippen LogP contribution in [-0.4, -0.2) is 33.1 Å². The molecule has 0 radical (unpaired) electrons. The molecule has 3 rings (SSSR count). The van der Waals surface area contributed by atoms with Gasteiger partial charge in [-0.2, -0.15) is 0 Å². The highest BCUT2D eigenvalue weighted by Crippen LogP contribution is 2.38. The van der Waals surface area contributed by atoms with Gasteiger partial charge < -0.3 is 19.7 Å². The van der Waals surface area contributed by atoms with Crippen LogP contribution in [-0.2, 0) is 11.3 Å². The topological polar surface area (TPSA) is 97.6 Å². The number of benzene rings is 1. The van der Waals surface area contributed by atoms with Gasteiger partial charge in [-0.1, -0.05) is 29.3 Å². The van der Waals surface area contributed by atoms with Crippen LogP contribution >= 0.6 is 35.0 Å². The number of amides is 1. The van der Waals surface area contributed by atoms with Crippen LogP contribution in [0, 0.1) is 0 Å². The molecule has 2 aromatic rings. The van der Waals surface area contributed by atoms with Gasteiger partial charge in [-0.05, 0) is 38.5 Å². The summed E-state index contributed by atoms with van der Waals surface area (Å²) in [5.74, 6) is -0.819. The number of carboxylic acids is 1. The van der Waals surface area contributed by atoms with Crippen LogP contribution in [0.15, 0.2) is 34.1 Å². The van der Waals surface area contributed by atoms with Crippen molar-refractivity contribution < 1.29 is 19.4 Å². The molecule has 1 aromatic heterocycles. The normalized spacial score (nSPS) is 15.6. The Hall–Kier alpha value is -2.16. The third-order valence-corrected chi connectivity index (χ3v) is 6.23. The van der Waals surface area contributed by atoms with E-state index in [0.717, 1.165) is 0 Å². The van der Waals surface area contributed by atoms with E-state index in [1.54, 1.807) is 39.0 Å².